The van der Waals surface area contributed by atoms with E-state index >= 15 is 0 Å². The Balaban J connectivity index is 1.82. The molecular weight excluding hydrogens is 240 g/mol. The Labute approximate surface area is 114 Å². The van der Waals surface area contributed by atoms with Crippen LogP contribution < -0.4 is 5.32 Å². The van der Waals surface area contributed by atoms with E-state index in [9.17, 15) is 0 Å². The molecule has 2 aliphatic rings. The second-order valence-corrected chi connectivity index (χ2v) is 5.60. The van der Waals surface area contributed by atoms with Gasteiger partial charge < -0.3 is 14.6 Å². The van der Waals surface area contributed by atoms with Crippen LogP contribution >= 0.6 is 0 Å². The van der Waals surface area contributed by atoms with E-state index in [0.717, 1.165) is 26.2 Å². The summed E-state index contributed by atoms with van der Waals surface area (Å²) in [5.74, 6) is 0. The molecule has 1 saturated heterocycles. The first-order chi connectivity index (χ1) is 9.31. The van der Waals surface area contributed by atoms with Gasteiger partial charge in [-0.1, -0.05) is 6.92 Å². The monoisotopic (exact) mass is 264 g/mol. The van der Waals surface area contributed by atoms with Gasteiger partial charge in [0.25, 0.3) is 0 Å². The molecular formula is C14H24N4O. The third-order valence-corrected chi connectivity index (χ3v) is 4.14. The first-order valence-corrected chi connectivity index (χ1v) is 7.35. The van der Waals surface area contributed by atoms with Gasteiger partial charge in [0, 0.05) is 25.3 Å². The molecule has 106 valence electrons. The van der Waals surface area contributed by atoms with Gasteiger partial charge in [-0.25, -0.2) is 4.98 Å². The van der Waals surface area contributed by atoms with Gasteiger partial charge in [0.05, 0.1) is 30.8 Å². The van der Waals surface area contributed by atoms with Crippen LogP contribution in [0.4, 0.5) is 0 Å². The van der Waals surface area contributed by atoms with Crippen molar-refractivity contribution in [1.82, 2.24) is 19.8 Å². The van der Waals surface area contributed by atoms with Gasteiger partial charge in [-0.05, 0) is 26.4 Å². The molecule has 0 amide bonds. The molecule has 19 heavy (non-hydrogen) atoms. The zero-order valence-electron chi connectivity index (χ0n) is 11.9. The van der Waals surface area contributed by atoms with Gasteiger partial charge in [-0.3, -0.25) is 4.90 Å². The minimum Gasteiger partial charge on any atom is -0.374 e. The minimum atomic E-state index is 0.216. The number of hydrogen-bond donors (Lipinski definition) is 1. The van der Waals surface area contributed by atoms with E-state index in [-0.39, 0.29) is 6.10 Å². The Morgan fingerprint density at radius 2 is 2.32 bits per heavy atom. The molecule has 1 aromatic heterocycles. The fraction of sp³-hybridized carbons (Fsp3) is 0.786. The van der Waals surface area contributed by atoms with E-state index in [1.54, 1.807) is 0 Å². The van der Waals surface area contributed by atoms with Gasteiger partial charge in [-0.15, -0.1) is 0 Å². The summed E-state index contributed by atoms with van der Waals surface area (Å²) in [6.45, 7) is 5.83. The smallest absolute Gasteiger partial charge is 0.0951 e. The number of nitrogens with zero attached hydrogens (tertiary/aromatic N) is 3. The third-order valence-electron chi connectivity index (χ3n) is 4.14. The maximum atomic E-state index is 6.00. The molecule has 0 bridgehead atoms. The van der Waals surface area contributed by atoms with Crippen LogP contribution in [0.25, 0.3) is 0 Å². The molecule has 5 heteroatoms. The van der Waals surface area contributed by atoms with Gasteiger partial charge in [0.1, 0.15) is 0 Å². The minimum absolute atomic E-state index is 0.216. The molecule has 2 unspecified atom stereocenters. The lowest BCUT2D eigenvalue weighted by Crippen LogP contribution is -2.48. The Morgan fingerprint density at radius 3 is 3.05 bits per heavy atom. The highest BCUT2D eigenvalue weighted by atomic mass is 16.5. The third kappa shape index (κ3) is 2.68. The molecule has 2 atom stereocenters. The second kappa shape index (κ2) is 5.61. The summed E-state index contributed by atoms with van der Waals surface area (Å²) in [6, 6.07) is 0.989. The average Bonchev–Trinajstić information content (AvgIpc) is 3.15. The van der Waals surface area contributed by atoms with Crippen molar-refractivity contribution < 1.29 is 4.74 Å². The lowest BCUT2D eigenvalue weighted by molar-refractivity contribution is -0.0635. The summed E-state index contributed by atoms with van der Waals surface area (Å²) in [5.41, 5.74) is 1.31. The van der Waals surface area contributed by atoms with Crippen LogP contribution in [0.1, 0.15) is 37.5 Å². The Hall–Kier alpha value is -0.910. The van der Waals surface area contributed by atoms with E-state index in [1.807, 2.05) is 12.5 Å². The molecule has 0 spiro atoms. The van der Waals surface area contributed by atoms with Crippen molar-refractivity contribution in [3.8, 4) is 0 Å². The van der Waals surface area contributed by atoms with E-state index in [1.165, 1.54) is 18.5 Å². The number of imidazole rings is 1. The molecule has 0 aromatic carbocycles. The van der Waals surface area contributed by atoms with Gasteiger partial charge in [0.2, 0.25) is 0 Å². The number of aromatic nitrogens is 2. The van der Waals surface area contributed by atoms with Crippen LogP contribution in [0, 0.1) is 0 Å². The van der Waals surface area contributed by atoms with Crippen LogP contribution in [-0.2, 0) is 4.74 Å². The van der Waals surface area contributed by atoms with E-state index < -0.39 is 0 Å². The van der Waals surface area contributed by atoms with Crippen molar-refractivity contribution in [3.05, 3.63) is 18.2 Å². The van der Waals surface area contributed by atoms with Gasteiger partial charge >= 0.3 is 0 Å². The second-order valence-electron chi connectivity index (χ2n) is 5.60. The number of hydrogen-bond acceptors (Lipinski definition) is 4. The quantitative estimate of drug-likeness (QED) is 0.868. The van der Waals surface area contributed by atoms with Crippen molar-refractivity contribution in [2.24, 2.45) is 0 Å². The van der Waals surface area contributed by atoms with Crippen LogP contribution in [0.2, 0.25) is 0 Å². The lowest BCUT2D eigenvalue weighted by atomic mass is 10.0. The van der Waals surface area contributed by atoms with E-state index in [0.29, 0.717) is 12.1 Å². The normalized spacial score (nSPS) is 28.7. The van der Waals surface area contributed by atoms with E-state index in [4.69, 9.17) is 4.74 Å². The van der Waals surface area contributed by atoms with Crippen LogP contribution in [0.5, 0.6) is 0 Å². The van der Waals surface area contributed by atoms with Crippen LogP contribution in [-0.4, -0.2) is 53.8 Å². The van der Waals surface area contributed by atoms with E-state index in [2.05, 4.69) is 33.7 Å². The predicted octanol–water partition coefficient (Wildman–Crippen LogP) is 1.20. The maximum Gasteiger partial charge on any atom is 0.0951 e. The van der Waals surface area contributed by atoms with Gasteiger partial charge in [0.15, 0.2) is 0 Å². The lowest BCUT2D eigenvalue weighted by Gasteiger charge is -2.39. The van der Waals surface area contributed by atoms with Crippen LogP contribution in [0.3, 0.4) is 0 Å². The summed E-state index contributed by atoms with van der Waals surface area (Å²) in [6.07, 6.45) is 6.80. The Morgan fingerprint density at radius 1 is 1.47 bits per heavy atom. The largest absolute Gasteiger partial charge is 0.374 e. The highest BCUT2D eigenvalue weighted by Crippen LogP contribution is 2.39. The SMILES string of the molecule is CCNCC1OCCN(C)C1c1cncn1C1CC1. The fourth-order valence-corrected chi connectivity index (χ4v) is 2.94. The summed E-state index contributed by atoms with van der Waals surface area (Å²) in [5, 5.41) is 3.41. The zero-order chi connectivity index (χ0) is 13.2. The number of rotatable bonds is 5. The molecule has 1 aromatic rings. The summed E-state index contributed by atoms with van der Waals surface area (Å²) in [7, 11) is 2.19. The number of ether oxygens (including phenoxy) is 1. The Kier molecular flexibility index (Phi) is 3.86. The Bertz CT molecular complexity index is 415. The summed E-state index contributed by atoms with van der Waals surface area (Å²) >= 11 is 0. The number of morpholine rings is 1. The molecule has 3 rings (SSSR count). The van der Waals surface area contributed by atoms with Crippen molar-refractivity contribution in [3.63, 3.8) is 0 Å². The maximum absolute atomic E-state index is 6.00. The van der Waals surface area contributed by atoms with Gasteiger partial charge in [-0.2, -0.15) is 0 Å². The number of likely N-dealkylation sites (N-methyl/N-ethyl adjacent to an activating group) is 2. The molecule has 1 aliphatic carbocycles. The zero-order valence-corrected chi connectivity index (χ0v) is 11.9. The predicted molar refractivity (Wildman–Crippen MR) is 74.2 cm³/mol. The van der Waals surface area contributed by atoms with Crippen molar-refractivity contribution >= 4 is 0 Å². The van der Waals surface area contributed by atoms with Crippen LogP contribution in [0.15, 0.2) is 12.5 Å². The van der Waals surface area contributed by atoms with Crippen molar-refractivity contribution in [2.75, 3.05) is 33.3 Å². The molecule has 1 aliphatic heterocycles. The first-order valence-electron chi connectivity index (χ1n) is 7.35. The molecule has 2 fully saturated rings. The fourth-order valence-electron chi connectivity index (χ4n) is 2.94. The van der Waals surface area contributed by atoms with Crippen molar-refractivity contribution in [2.45, 2.75) is 38.0 Å². The topological polar surface area (TPSA) is 42.3 Å². The molecule has 1 saturated carbocycles. The molecule has 5 nitrogen and oxygen atoms in total. The molecule has 2 heterocycles. The summed E-state index contributed by atoms with van der Waals surface area (Å²) < 4.78 is 8.35. The van der Waals surface area contributed by atoms with Crippen molar-refractivity contribution in [1.29, 1.82) is 0 Å². The average molecular weight is 264 g/mol. The summed E-state index contributed by atoms with van der Waals surface area (Å²) in [4.78, 5) is 6.77. The highest BCUT2D eigenvalue weighted by molar-refractivity contribution is 5.12. The standard InChI is InChI=1S/C14H24N4O/c1-3-15-9-13-14(17(2)6-7-19-13)12-8-16-10-18(12)11-4-5-11/h8,10-11,13-15H,3-7,9H2,1-2H3. The highest BCUT2D eigenvalue weighted by Gasteiger charge is 2.36. The molecule has 1 N–H and O–H groups in total. The molecule has 0 radical (unpaired) electrons. The number of nitrogens with one attached hydrogen (secondary N) is 1. The first kappa shape index (κ1) is 13.1.